The van der Waals surface area contributed by atoms with Gasteiger partial charge in [0.25, 0.3) is 0 Å². The highest BCUT2D eigenvalue weighted by atomic mass is 19.1. The largest absolute Gasteiger partial charge is 0.316 e. The Hall–Kier alpha value is -3.22. The first-order chi connectivity index (χ1) is 11.5. The second-order valence-electron chi connectivity index (χ2n) is 5.11. The Balaban J connectivity index is 2.27. The number of halogens is 2. The van der Waals surface area contributed by atoms with E-state index in [1.54, 1.807) is 6.07 Å². The smallest absolute Gasteiger partial charge is 0.258 e. The molecule has 0 amide bonds. The van der Waals surface area contributed by atoms with E-state index < -0.39 is 16.6 Å². The summed E-state index contributed by atoms with van der Waals surface area (Å²) >= 11 is 0. The van der Waals surface area contributed by atoms with E-state index in [9.17, 15) is 18.9 Å². The lowest BCUT2D eigenvalue weighted by molar-refractivity contribution is -0.385. The van der Waals surface area contributed by atoms with Gasteiger partial charge in [-0.25, -0.2) is 18.7 Å². The zero-order valence-electron chi connectivity index (χ0n) is 12.5. The molecule has 1 heterocycles. The zero-order valence-corrected chi connectivity index (χ0v) is 12.5. The van der Waals surface area contributed by atoms with E-state index in [1.165, 1.54) is 43.3 Å². The van der Waals surface area contributed by atoms with Crippen molar-refractivity contribution in [2.75, 3.05) is 0 Å². The van der Waals surface area contributed by atoms with Gasteiger partial charge in [0.05, 0.1) is 4.92 Å². The van der Waals surface area contributed by atoms with Gasteiger partial charge in [-0.3, -0.25) is 10.1 Å². The lowest BCUT2D eigenvalue weighted by atomic mass is 10.1. The van der Waals surface area contributed by atoms with E-state index >= 15 is 0 Å². The lowest BCUT2D eigenvalue weighted by Gasteiger charge is -2.08. The van der Waals surface area contributed by atoms with Crippen LogP contribution in [0.15, 0.2) is 48.5 Å². The molecule has 0 aliphatic heterocycles. The summed E-state index contributed by atoms with van der Waals surface area (Å²) in [4.78, 5) is 19.1. The van der Waals surface area contributed by atoms with Crippen molar-refractivity contribution in [1.29, 1.82) is 0 Å². The lowest BCUT2D eigenvalue weighted by Crippen LogP contribution is -2.03. The Morgan fingerprint density at radius 1 is 0.958 bits per heavy atom. The molecule has 2 aromatic carbocycles. The molecule has 0 radical (unpaired) electrons. The van der Waals surface area contributed by atoms with Crippen molar-refractivity contribution >= 4 is 5.69 Å². The molecule has 1 aromatic heterocycles. The number of hydrogen-bond donors (Lipinski definition) is 0. The molecule has 0 aliphatic rings. The third kappa shape index (κ3) is 2.96. The summed E-state index contributed by atoms with van der Waals surface area (Å²) in [7, 11) is 0. The normalized spacial score (nSPS) is 10.6. The van der Waals surface area contributed by atoms with Gasteiger partial charge in [0, 0.05) is 11.1 Å². The van der Waals surface area contributed by atoms with Crippen LogP contribution < -0.4 is 0 Å². The Bertz CT molecular complexity index is 945. The van der Waals surface area contributed by atoms with Crippen molar-refractivity contribution in [3.8, 4) is 22.6 Å². The topological polar surface area (TPSA) is 68.9 Å². The van der Waals surface area contributed by atoms with Crippen LogP contribution in [-0.4, -0.2) is 14.9 Å². The summed E-state index contributed by atoms with van der Waals surface area (Å²) in [6, 6.07) is 10.9. The van der Waals surface area contributed by atoms with Crippen molar-refractivity contribution in [3.63, 3.8) is 0 Å². The molecule has 3 aromatic rings. The highest BCUT2D eigenvalue weighted by Gasteiger charge is 2.24. The molecule has 0 bridgehead atoms. The van der Waals surface area contributed by atoms with E-state index in [4.69, 9.17) is 0 Å². The second-order valence-corrected chi connectivity index (χ2v) is 5.11. The molecule has 0 fully saturated rings. The molecule has 0 N–H and O–H groups in total. The summed E-state index contributed by atoms with van der Waals surface area (Å²) in [6.07, 6.45) is 0. The Labute approximate surface area is 135 Å². The molecule has 0 spiro atoms. The van der Waals surface area contributed by atoms with Crippen LogP contribution in [0, 0.1) is 28.7 Å². The van der Waals surface area contributed by atoms with E-state index in [0.717, 1.165) is 6.07 Å². The Kier molecular flexibility index (Phi) is 3.99. The number of rotatable bonds is 3. The number of nitro groups is 1. The molecule has 0 saturated carbocycles. The van der Waals surface area contributed by atoms with Crippen LogP contribution in [0.25, 0.3) is 22.6 Å². The molecule has 0 unspecified atom stereocenters. The van der Waals surface area contributed by atoms with Crippen LogP contribution in [-0.2, 0) is 0 Å². The SMILES string of the molecule is Cc1nc(-c2cccc(F)c2)nc(-c2cccc(F)c2)c1[N+](=O)[O-]. The summed E-state index contributed by atoms with van der Waals surface area (Å²) in [5.74, 6) is -0.873. The van der Waals surface area contributed by atoms with Gasteiger partial charge >= 0.3 is 5.69 Å². The first-order valence-electron chi connectivity index (χ1n) is 7.00. The summed E-state index contributed by atoms with van der Waals surface area (Å²) in [5.41, 5.74) is 0.441. The quantitative estimate of drug-likeness (QED) is 0.531. The minimum Gasteiger partial charge on any atom is -0.258 e. The maximum absolute atomic E-state index is 13.5. The third-order valence-corrected chi connectivity index (χ3v) is 3.42. The standard InChI is InChI=1S/C17H11F2N3O2/c1-10-16(22(23)24)15(11-4-2-6-13(18)8-11)21-17(20-10)12-5-3-7-14(19)9-12/h2-9H,1H3. The van der Waals surface area contributed by atoms with Gasteiger partial charge in [0.2, 0.25) is 0 Å². The predicted molar refractivity (Wildman–Crippen MR) is 84.2 cm³/mol. The minimum absolute atomic E-state index is 0.00809. The molecule has 0 atom stereocenters. The van der Waals surface area contributed by atoms with Crippen molar-refractivity contribution in [2.45, 2.75) is 6.92 Å². The molecular weight excluding hydrogens is 316 g/mol. The average Bonchev–Trinajstić information content (AvgIpc) is 2.53. The number of nitrogens with zero attached hydrogens (tertiary/aromatic N) is 3. The van der Waals surface area contributed by atoms with Crippen LogP contribution in [0.2, 0.25) is 0 Å². The molecule has 24 heavy (non-hydrogen) atoms. The average molecular weight is 327 g/mol. The fourth-order valence-electron chi connectivity index (χ4n) is 2.38. The van der Waals surface area contributed by atoms with E-state index in [2.05, 4.69) is 9.97 Å². The molecule has 5 nitrogen and oxygen atoms in total. The number of benzene rings is 2. The summed E-state index contributed by atoms with van der Waals surface area (Å²) < 4.78 is 26.9. The van der Waals surface area contributed by atoms with Gasteiger partial charge in [-0.1, -0.05) is 24.3 Å². The van der Waals surface area contributed by atoms with Crippen molar-refractivity contribution < 1.29 is 13.7 Å². The Morgan fingerprint density at radius 2 is 1.54 bits per heavy atom. The first kappa shape index (κ1) is 15.7. The number of aryl methyl sites for hydroxylation is 1. The van der Waals surface area contributed by atoms with Crippen LogP contribution in [0.3, 0.4) is 0 Å². The van der Waals surface area contributed by atoms with E-state index in [1.807, 2.05) is 0 Å². The summed E-state index contributed by atoms with van der Waals surface area (Å²) in [6.45, 7) is 1.46. The maximum Gasteiger partial charge on any atom is 0.316 e. The molecule has 0 aliphatic carbocycles. The van der Waals surface area contributed by atoms with Gasteiger partial charge in [-0.05, 0) is 31.2 Å². The maximum atomic E-state index is 13.5. The Morgan fingerprint density at radius 3 is 2.12 bits per heavy atom. The monoisotopic (exact) mass is 327 g/mol. The minimum atomic E-state index is -0.606. The van der Waals surface area contributed by atoms with Crippen LogP contribution in [0.1, 0.15) is 5.69 Å². The van der Waals surface area contributed by atoms with Crippen LogP contribution >= 0.6 is 0 Å². The van der Waals surface area contributed by atoms with Crippen LogP contribution in [0.4, 0.5) is 14.5 Å². The molecule has 7 heteroatoms. The van der Waals surface area contributed by atoms with Gasteiger partial charge < -0.3 is 0 Å². The highest BCUT2D eigenvalue weighted by molar-refractivity contribution is 5.73. The molecule has 0 saturated heterocycles. The zero-order chi connectivity index (χ0) is 17.3. The molecule has 3 rings (SSSR count). The number of aromatic nitrogens is 2. The fourth-order valence-corrected chi connectivity index (χ4v) is 2.38. The van der Waals surface area contributed by atoms with Gasteiger partial charge in [0.15, 0.2) is 11.5 Å². The van der Waals surface area contributed by atoms with Crippen LogP contribution in [0.5, 0.6) is 0 Å². The second kappa shape index (κ2) is 6.11. The van der Waals surface area contributed by atoms with E-state index in [-0.39, 0.29) is 28.5 Å². The fraction of sp³-hybridized carbons (Fsp3) is 0.0588. The van der Waals surface area contributed by atoms with Crippen molar-refractivity contribution in [3.05, 3.63) is 76.0 Å². The van der Waals surface area contributed by atoms with E-state index in [0.29, 0.717) is 5.56 Å². The van der Waals surface area contributed by atoms with Gasteiger partial charge in [-0.2, -0.15) is 0 Å². The predicted octanol–water partition coefficient (Wildman–Crippen LogP) is 4.31. The third-order valence-electron chi connectivity index (χ3n) is 3.42. The van der Waals surface area contributed by atoms with Gasteiger partial charge in [0.1, 0.15) is 17.3 Å². The molecule has 120 valence electrons. The first-order valence-corrected chi connectivity index (χ1v) is 7.00. The van der Waals surface area contributed by atoms with Crippen molar-refractivity contribution in [2.24, 2.45) is 0 Å². The summed E-state index contributed by atoms with van der Waals surface area (Å²) in [5, 5.41) is 11.4. The van der Waals surface area contributed by atoms with Gasteiger partial charge in [-0.15, -0.1) is 0 Å². The number of hydrogen-bond acceptors (Lipinski definition) is 4. The van der Waals surface area contributed by atoms with Crippen molar-refractivity contribution in [1.82, 2.24) is 9.97 Å². The molecular formula is C17H11F2N3O2. The highest BCUT2D eigenvalue weighted by Crippen LogP contribution is 2.32.